The van der Waals surface area contributed by atoms with Crippen molar-refractivity contribution in [3.8, 4) is 0 Å². The number of rotatable bonds is 1. The maximum absolute atomic E-state index is 6.64. The molecule has 0 N–H and O–H groups in total. The van der Waals surface area contributed by atoms with E-state index in [-0.39, 0.29) is 11.7 Å². The molecule has 1 spiro atoms. The number of halogens is 2. The lowest BCUT2D eigenvalue weighted by molar-refractivity contribution is -0.0842. The second-order valence-corrected chi connectivity index (χ2v) is 7.22. The zero-order valence-corrected chi connectivity index (χ0v) is 13.8. The van der Waals surface area contributed by atoms with Crippen LogP contribution in [0.2, 0.25) is 10.0 Å². The molecule has 2 aliphatic rings. The number of ether oxygens (including phenoxy) is 1. The Morgan fingerprint density at radius 2 is 1.59 bits per heavy atom. The molecule has 3 heteroatoms. The van der Waals surface area contributed by atoms with Crippen LogP contribution in [0.1, 0.15) is 54.9 Å². The molecule has 1 heterocycles. The average molecular weight is 333 g/mol. The summed E-state index contributed by atoms with van der Waals surface area (Å²) in [4.78, 5) is 0. The highest BCUT2D eigenvalue weighted by Gasteiger charge is 2.45. The maximum Gasteiger partial charge on any atom is 0.109 e. The molecule has 1 aliphatic heterocycles. The topological polar surface area (TPSA) is 9.23 Å². The molecule has 1 fully saturated rings. The van der Waals surface area contributed by atoms with Crippen molar-refractivity contribution >= 4 is 23.2 Å². The van der Waals surface area contributed by atoms with Gasteiger partial charge in [-0.05, 0) is 47.7 Å². The zero-order valence-electron chi connectivity index (χ0n) is 12.3. The van der Waals surface area contributed by atoms with E-state index in [9.17, 15) is 0 Å². The standard InChI is InChI=1S/C19H18Cl2O/c20-14-10-13(11-15(21)12-14)18-16-6-2-3-7-17(16)19(22-18)8-4-1-5-9-19/h2-3,6-7,10-12,18H,1,4-5,8-9H2. The SMILES string of the molecule is Clc1cc(Cl)cc(C2OC3(CCCCC3)c3ccccc32)c1. The lowest BCUT2D eigenvalue weighted by atomic mass is 9.79. The molecule has 4 rings (SSSR count). The van der Waals surface area contributed by atoms with E-state index in [2.05, 4.69) is 24.3 Å². The van der Waals surface area contributed by atoms with E-state index in [1.807, 2.05) is 12.1 Å². The monoisotopic (exact) mass is 332 g/mol. The van der Waals surface area contributed by atoms with Crippen molar-refractivity contribution in [3.63, 3.8) is 0 Å². The third-order valence-electron chi connectivity index (χ3n) is 4.93. The van der Waals surface area contributed by atoms with Gasteiger partial charge in [0.2, 0.25) is 0 Å². The molecule has 114 valence electrons. The van der Waals surface area contributed by atoms with E-state index in [4.69, 9.17) is 27.9 Å². The van der Waals surface area contributed by atoms with Gasteiger partial charge in [-0.25, -0.2) is 0 Å². The number of fused-ring (bicyclic) bond motifs is 2. The van der Waals surface area contributed by atoms with Gasteiger partial charge in [0.05, 0.1) is 5.60 Å². The molecule has 1 aliphatic carbocycles. The summed E-state index contributed by atoms with van der Waals surface area (Å²) >= 11 is 12.4. The molecule has 0 radical (unpaired) electrons. The van der Waals surface area contributed by atoms with Crippen LogP contribution >= 0.6 is 23.2 Å². The van der Waals surface area contributed by atoms with E-state index in [1.165, 1.54) is 30.4 Å². The Kier molecular flexibility index (Phi) is 3.68. The molecule has 0 amide bonds. The number of hydrogen-bond acceptors (Lipinski definition) is 1. The van der Waals surface area contributed by atoms with Crippen LogP contribution in [0.15, 0.2) is 42.5 Å². The fourth-order valence-electron chi connectivity index (χ4n) is 3.98. The predicted molar refractivity (Wildman–Crippen MR) is 90.6 cm³/mol. The normalized spacial score (nSPS) is 22.7. The van der Waals surface area contributed by atoms with Crippen LogP contribution < -0.4 is 0 Å². The summed E-state index contributed by atoms with van der Waals surface area (Å²) in [6.45, 7) is 0. The fraction of sp³-hybridized carbons (Fsp3) is 0.368. The average Bonchev–Trinajstić information content (AvgIpc) is 2.82. The van der Waals surface area contributed by atoms with Crippen LogP contribution in [0.5, 0.6) is 0 Å². The first kappa shape index (κ1) is 14.6. The number of hydrogen-bond donors (Lipinski definition) is 0. The van der Waals surface area contributed by atoms with Gasteiger partial charge in [-0.15, -0.1) is 0 Å². The van der Waals surface area contributed by atoms with Crippen LogP contribution in [-0.2, 0) is 10.3 Å². The van der Waals surface area contributed by atoms with E-state index in [1.54, 1.807) is 6.07 Å². The molecule has 1 atom stereocenters. The van der Waals surface area contributed by atoms with Gasteiger partial charge >= 0.3 is 0 Å². The van der Waals surface area contributed by atoms with Crippen LogP contribution in [-0.4, -0.2) is 0 Å². The van der Waals surface area contributed by atoms with E-state index >= 15 is 0 Å². The van der Waals surface area contributed by atoms with Gasteiger partial charge in [-0.1, -0.05) is 66.7 Å². The smallest absolute Gasteiger partial charge is 0.109 e. The largest absolute Gasteiger partial charge is 0.358 e. The quantitative estimate of drug-likeness (QED) is 0.597. The van der Waals surface area contributed by atoms with Crippen molar-refractivity contribution in [2.45, 2.75) is 43.8 Å². The molecule has 2 aromatic rings. The molecule has 1 nitrogen and oxygen atoms in total. The summed E-state index contributed by atoms with van der Waals surface area (Å²) in [5, 5.41) is 1.32. The fourth-order valence-corrected chi connectivity index (χ4v) is 4.52. The van der Waals surface area contributed by atoms with Gasteiger partial charge < -0.3 is 4.74 Å². The Labute approximate surface area is 141 Å². The van der Waals surface area contributed by atoms with Crippen LogP contribution in [0.4, 0.5) is 0 Å². The first-order valence-corrected chi connectivity index (χ1v) is 8.67. The molecule has 0 saturated heterocycles. The molecule has 1 unspecified atom stereocenters. The van der Waals surface area contributed by atoms with E-state index < -0.39 is 0 Å². The molecule has 22 heavy (non-hydrogen) atoms. The van der Waals surface area contributed by atoms with Gasteiger partial charge in [-0.2, -0.15) is 0 Å². The summed E-state index contributed by atoms with van der Waals surface area (Å²) in [7, 11) is 0. The van der Waals surface area contributed by atoms with Gasteiger partial charge in [0.25, 0.3) is 0 Å². The van der Waals surface area contributed by atoms with Crippen LogP contribution in [0.25, 0.3) is 0 Å². The van der Waals surface area contributed by atoms with Gasteiger partial charge in [-0.3, -0.25) is 0 Å². The van der Waals surface area contributed by atoms with Gasteiger partial charge in [0.15, 0.2) is 0 Å². The molecule has 2 aromatic carbocycles. The summed E-state index contributed by atoms with van der Waals surface area (Å²) in [6.07, 6.45) is 5.92. The predicted octanol–water partition coefficient (Wildman–Crippen LogP) is 6.27. The number of benzene rings is 2. The first-order chi connectivity index (χ1) is 10.7. The second-order valence-electron chi connectivity index (χ2n) is 6.34. The van der Waals surface area contributed by atoms with Crippen molar-refractivity contribution in [1.29, 1.82) is 0 Å². The van der Waals surface area contributed by atoms with Crippen molar-refractivity contribution in [1.82, 2.24) is 0 Å². The summed E-state index contributed by atoms with van der Waals surface area (Å²) in [5.41, 5.74) is 3.56. The van der Waals surface area contributed by atoms with Crippen molar-refractivity contribution in [2.75, 3.05) is 0 Å². The first-order valence-electron chi connectivity index (χ1n) is 7.91. The highest BCUT2D eigenvalue weighted by Crippen LogP contribution is 2.53. The third-order valence-corrected chi connectivity index (χ3v) is 5.36. The maximum atomic E-state index is 6.64. The lowest BCUT2D eigenvalue weighted by Crippen LogP contribution is -2.28. The van der Waals surface area contributed by atoms with Gasteiger partial charge in [0, 0.05) is 10.0 Å². The summed E-state index contributed by atoms with van der Waals surface area (Å²) in [5.74, 6) is 0. The van der Waals surface area contributed by atoms with Gasteiger partial charge in [0.1, 0.15) is 6.10 Å². The highest BCUT2D eigenvalue weighted by molar-refractivity contribution is 6.34. The molecular formula is C19H18Cl2O. The van der Waals surface area contributed by atoms with Crippen LogP contribution in [0.3, 0.4) is 0 Å². The second kappa shape index (κ2) is 5.56. The molecular weight excluding hydrogens is 315 g/mol. The van der Waals surface area contributed by atoms with Crippen molar-refractivity contribution < 1.29 is 4.74 Å². The van der Waals surface area contributed by atoms with Crippen molar-refractivity contribution in [3.05, 3.63) is 69.2 Å². The lowest BCUT2D eigenvalue weighted by Gasteiger charge is -2.34. The minimum Gasteiger partial charge on any atom is -0.358 e. The Morgan fingerprint density at radius 1 is 0.909 bits per heavy atom. The van der Waals surface area contributed by atoms with E-state index in [0.717, 1.165) is 18.4 Å². The third kappa shape index (κ3) is 2.36. The zero-order chi connectivity index (χ0) is 15.2. The molecule has 0 bridgehead atoms. The Hall–Kier alpha value is -1.02. The molecule has 0 aromatic heterocycles. The molecule has 1 saturated carbocycles. The van der Waals surface area contributed by atoms with E-state index in [0.29, 0.717) is 10.0 Å². The Morgan fingerprint density at radius 3 is 2.32 bits per heavy atom. The Bertz CT molecular complexity index is 684. The summed E-state index contributed by atoms with van der Waals surface area (Å²) in [6, 6.07) is 14.3. The van der Waals surface area contributed by atoms with Crippen LogP contribution in [0, 0.1) is 0 Å². The Balaban J connectivity index is 1.82. The highest BCUT2D eigenvalue weighted by atomic mass is 35.5. The minimum atomic E-state index is -0.117. The van der Waals surface area contributed by atoms with Crippen molar-refractivity contribution in [2.24, 2.45) is 0 Å². The minimum absolute atomic E-state index is 0.0644. The summed E-state index contributed by atoms with van der Waals surface area (Å²) < 4.78 is 6.64.